The molecule has 0 aliphatic carbocycles. The van der Waals surface area contributed by atoms with Gasteiger partial charge in [0.1, 0.15) is 6.29 Å². The van der Waals surface area contributed by atoms with Crippen molar-refractivity contribution in [3.8, 4) is 0 Å². The molecule has 0 aromatic carbocycles. The first-order valence-corrected chi connectivity index (χ1v) is 4.19. The van der Waals surface area contributed by atoms with Gasteiger partial charge in [-0.3, -0.25) is 14.4 Å². The van der Waals surface area contributed by atoms with Crippen molar-refractivity contribution >= 4 is 18.1 Å². The van der Waals surface area contributed by atoms with Gasteiger partial charge in [0, 0.05) is 33.1 Å². The summed E-state index contributed by atoms with van der Waals surface area (Å²) in [5.41, 5.74) is 0. The van der Waals surface area contributed by atoms with Crippen LogP contribution < -0.4 is 5.32 Å². The van der Waals surface area contributed by atoms with Gasteiger partial charge < -0.3 is 10.2 Å². The van der Waals surface area contributed by atoms with Crippen molar-refractivity contribution in [2.75, 3.05) is 20.6 Å². The summed E-state index contributed by atoms with van der Waals surface area (Å²) in [5.74, 6) is -0.412. The van der Waals surface area contributed by atoms with E-state index in [1.165, 1.54) is 11.9 Å². The predicted octanol–water partition coefficient (Wildman–Crippen LogP) is -0.664. The first kappa shape index (κ1) is 12.3. The molecule has 0 fully saturated rings. The Labute approximate surface area is 82.8 Å². The highest BCUT2D eigenvalue weighted by atomic mass is 16.2. The van der Waals surface area contributed by atoms with Crippen LogP contribution in [0, 0.1) is 0 Å². The molecule has 0 radical (unpaired) electrons. The van der Waals surface area contributed by atoms with Crippen LogP contribution in [0.15, 0.2) is 12.2 Å². The van der Waals surface area contributed by atoms with Crippen molar-refractivity contribution in [2.24, 2.45) is 0 Å². The largest absolute Gasteiger partial charge is 0.359 e. The minimum atomic E-state index is -0.291. The van der Waals surface area contributed by atoms with Crippen molar-refractivity contribution in [2.45, 2.75) is 6.42 Å². The van der Waals surface area contributed by atoms with E-state index in [0.717, 1.165) is 12.2 Å². The van der Waals surface area contributed by atoms with Gasteiger partial charge in [-0.1, -0.05) is 0 Å². The van der Waals surface area contributed by atoms with Crippen molar-refractivity contribution in [3.63, 3.8) is 0 Å². The first-order valence-electron chi connectivity index (χ1n) is 4.19. The number of likely N-dealkylation sites (N-methyl/N-ethyl adjacent to an activating group) is 1. The molecule has 0 bridgehead atoms. The molecule has 0 saturated carbocycles. The van der Waals surface area contributed by atoms with Gasteiger partial charge in [-0.25, -0.2) is 0 Å². The Bertz CT molecular complexity index is 248. The summed E-state index contributed by atoms with van der Waals surface area (Å²) in [5, 5.41) is 2.45. The van der Waals surface area contributed by atoms with E-state index in [9.17, 15) is 14.4 Å². The second kappa shape index (κ2) is 6.82. The number of rotatable bonds is 5. The number of nitrogens with zero attached hydrogens (tertiary/aromatic N) is 1. The number of aldehydes is 1. The van der Waals surface area contributed by atoms with Gasteiger partial charge in [0.2, 0.25) is 11.8 Å². The molecule has 5 heteroatoms. The highest BCUT2D eigenvalue weighted by Crippen LogP contribution is 1.90. The normalized spacial score (nSPS) is 9.86. The number of allylic oxidation sites excluding steroid dienone is 1. The zero-order valence-corrected chi connectivity index (χ0v) is 8.32. The van der Waals surface area contributed by atoms with Crippen LogP contribution in [0.3, 0.4) is 0 Å². The number of amides is 2. The number of hydrogen-bond acceptors (Lipinski definition) is 3. The number of carbonyl (C=O) groups is 3. The van der Waals surface area contributed by atoms with Crippen LogP contribution in [0.4, 0.5) is 0 Å². The van der Waals surface area contributed by atoms with Crippen LogP contribution in [-0.2, 0) is 14.4 Å². The Balaban J connectivity index is 3.89. The van der Waals surface area contributed by atoms with E-state index in [-0.39, 0.29) is 18.2 Å². The molecule has 14 heavy (non-hydrogen) atoms. The van der Waals surface area contributed by atoms with Crippen LogP contribution >= 0.6 is 0 Å². The molecule has 0 saturated heterocycles. The van der Waals surface area contributed by atoms with Gasteiger partial charge in [0.25, 0.3) is 0 Å². The Hall–Kier alpha value is -1.65. The Morgan fingerprint density at radius 3 is 2.57 bits per heavy atom. The molecule has 0 heterocycles. The lowest BCUT2D eigenvalue weighted by Gasteiger charge is -2.13. The van der Waals surface area contributed by atoms with E-state index in [0.29, 0.717) is 12.8 Å². The number of carbonyl (C=O) groups excluding carboxylic acids is 3. The quantitative estimate of drug-likeness (QED) is 0.471. The van der Waals surface area contributed by atoms with E-state index in [4.69, 9.17) is 0 Å². The molecule has 0 spiro atoms. The molecule has 0 aromatic heterocycles. The lowest BCUT2D eigenvalue weighted by atomic mass is 10.3. The summed E-state index contributed by atoms with van der Waals surface area (Å²) in [6.45, 7) is 0.335. The minimum absolute atomic E-state index is 0.121. The molecule has 0 atom stereocenters. The van der Waals surface area contributed by atoms with Crippen LogP contribution in [0.2, 0.25) is 0 Å². The molecule has 0 rings (SSSR count). The van der Waals surface area contributed by atoms with Gasteiger partial charge in [0.15, 0.2) is 0 Å². The van der Waals surface area contributed by atoms with Crippen molar-refractivity contribution < 1.29 is 14.4 Å². The zero-order chi connectivity index (χ0) is 11.0. The fourth-order valence-electron chi connectivity index (χ4n) is 0.753. The van der Waals surface area contributed by atoms with Crippen molar-refractivity contribution in [1.29, 1.82) is 0 Å². The molecule has 78 valence electrons. The van der Waals surface area contributed by atoms with E-state index in [2.05, 4.69) is 5.32 Å². The molecule has 1 N–H and O–H groups in total. The average Bonchev–Trinajstić information content (AvgIpc) is 2.21. The highest BCUT2D eigenvalue weighted by Gasteiger charge is 2.06. The van der Waals surface area contributed by atoms with E-state index >= 15 is 0 Å². The van der Waals surface area contributed by atoms with Crippen LogP contribution in [-0.4, -0.2) is 43.6 Å². The Kier molecular flexibility index (Phi) is 6.02. The number of nitrogens with one attached hydrogen (secondary N) is 1. The summed E-state index contributed by atoms with van der Waals surface area (Å²) < 4.78 is 0. The summed E-state index contributed by atoms with van der Waals surface area (Å²) in [6, 6.07) is 0. The van der Waals surface area contributed by atoms with Crippen LogP contribution in [0.1, 0.15) is 6.42 Å². The SMILES string of the molecule is CNC(=O)CCN(C)C(=O)/C=C\C=O. The minimum Gasteiger partial charge on any atom is -0.359 e. The molecule has 5 nitrogen and oxygen atoms in total. The fraction of sp³-hybridized carbons (Fsp3) is 0.444. The second-order valence-electron chi connectivity index (χ2n) is 2.68. The molecule has 0 aliphatic rings. The molecular formula is C9H14N2O3. The third-order valence-electron chi connectivity index (χ3n) is 1.65. The summed E-state index contributed by atoms with van der Waals surface area (Å²) >= 11 is 0. The van der Waals surface area contributed by atoms with Gasteiger partial charge in [-0.05, 0) is 6.08 Å². The van der Waals surface area contributed by atoms with E-state index in [1.807, 2.05) is 0 Å². The summed E-state index contributed by atoms with van der Waals surface area (Å²) in [6.07, 6.45) is 3.08. The monoisotopic (exact) mass is 198 g/mol. The molecule has 0 aliphatic heterocycles. The van der Waals surface area contributed by atoms with Crippen LogP contribution in [0.5, 0.6) is 0 Å². The summed E-state index contributed by atoms with van der Waals surface area (Å²) in [4.78, 5) is 33.3. The summed E-state index contributed by atoms with van der Waals surface area (Å²) in [7, 11) is 3.11. The Morgan fingerprint density at radius 1 is 1.43 bits per heavy atom. The average molecular weight is 198 g/mol. The Morgan fingerprint density at radius 2 is 2.07 bits per heavy atom. The van der Waals surface area contributed by atoms with Crippen molar-refractivity contribution in [3.05, 3.63) is 12.2 Å². The zero-order valence-electron chi connectivity index (χ0n) is 8.32. The van der Waals surface area contributed by atoms with Gasteiger partial charge in [0.05, 0.1) is 0 Å². The lowest BCUT2D eigenvalue weighted by molar-refractivity contribution is -0.126. The van der Waals surface area contributed by atoms with Gasteiger partial charge in [-0.2, -0.15) is 0 Å². The first-order chi connectivity index (χ1) is 6.61. The third-order valence-corrected chi connectivity index (χ3v) is 1.65. The molecule has 0 unspecified atom stereocenters. The standard InChI is InChI=1S/C9H14N2O3/c1-10-8(13)5-6-11(2)9(14)4-3-7-12/h3-4,7H,5-6H2,1-2H3,(H,10,13)/b4-3-. The van der Waals surface area contributed by atoms with E-state index in [1.54, 1.807) is 7.05 Å². The van der Waals surface area contributed by atoms with E-state index < -0.39 is 0 Å². The molecule has 2 amide bonds. The third kappa shape index (κ3) is 5.08. The second-order valence-corrected chi connectivity index (χ2v) is 2.68. The highest BCUT2D eigenvalue weighted by molar-refractivity contribution is 5.91. The van der Waals surface area contributed by atoms with Crippen LogP contribution in [0.25, 0.3) is 0 Å². The number of hydrogen-bond donors (Lipinski definition) is 1. The predicted molar refractivity (Wildman–Crippen MR) is 51.5 cm³/mol. The maximum absolute atomic E-state index is 11.2. The molecule has 0 aromatic rings. The maximum Gasteiger partial charge on any atom is 0.246 e. The maximum atomic E-state index is 11.2. The van der Waals surface area contributed by atoms with Crippen molar-refractivity contribution in [1.82, 2.24) is 10.2 Å². The van der Waals surface area contributed by atoms with Gasteiger partial charge in [-0.15, -0.1) is 0 Å². The molecular weight excluding hydrogens is 184 g/mol. The lowest BCUT2D eigenvalue weighted by Crippen LogP contribution is -2.30. The fourth-order valence-corrected chi connectivity index (χ4v) is 0.753. The van der Waals surface area contributed by atoms with Gasteiger partial charge >= 0.3 is 0 Å². The topological polar surface area (TPSA) is 66.5 Å². The smallest absolute Gasteiger partial charge is 0.246 e.